The fourth-order valence-corrected chi connectivity index (χ4v) is 2.16. The zero-order valence-corrected chi connectivity index (χ0v) is 11.4. The van der Waals surface area contributed by atoms with Crippen LogP contribution in [0.25, 0.3) is 0 Å². The van der Waals surface area contributed by atoms with Gasteiger partial charge in [0.25, 0.3) is 0 Å². The molecule has 0 aromatic rings. The van der Waals surface area contributed by atoms with Crippen LogP contribution in [-0.2, 0) is 4.74 Å². The van der Waals surface area contributed by atoms with E-state index in [-0.39, 0.29) is 0 Å². The highest BCUT2D eigenvalue weighted by Gasteiger charge is 2.20. The number of hydrogen-bond acceptors (Lipinski definition) is 5. The van der Waals surface area contributed by atoms with Crippen molar-refractivity contribution in [3.8, 4) is 0 Å². The fourth-order valence-electron chi connectivity index (χ4n) is 2.16. The van der Waals surface area contributed by atoms with E-state index >= 15 is 0 Å². The van der Waals surface area contributed by atoms with Crippen molar-refractivity contribution in [1.82, 2.24) is 15.1 Å². The lowest BCUT2D eigenvalue weighted by Crippen LogP contribution is -2.47. The van der Waals surface area contributed by atoms with Crippen molar-refractivity contribution in [3.05, 3.63) is 0 Å². The SMILES string of the molecule is CN(C)CC(C)(O)CNCCN1CCOCC1. The van der Waals surface area contributed by atoms with E-state index in [1.54, 1.807) is 0 Å². The van der Waals surface area contributed by atoms with Crippen LogP contribution in [0.4, 0.5) is 0 Å². The number of morpholine rings is 1. The zero-order chi connectivity index (χ0) is 12.7. The summed E-state index contributed by atoms with van der Waals surface area (Å²) in [6.45, 7) is 8.87. The maximum atomic E-state index is 10.1. The maximum absolute atomic E-state index is 10.1. The lowest BCUT2D eigenvalue weighted by atomic mass is 10.1. The van der Waals surface area contributed by atoms with Crippen molar-refractivity contribution in [3.63, 3.8) is 0 Å². The number of ether oxygens (including phenoxy) is 1. The van der Waals surface area contributed by atoms with Gasteiger partial charge < -0.3 is 20.1 Å². The van der Waals surface area contributed by atoms with Gasteiger partial charge >= 0.3 is 0 Å². The molecule has 0 bridgehead atoms. The van der Waals surface area contributed by atoms with Crippen molar-refractivity contribution in [1.29, 1.82) is 0 Å². The van der Waals surface area contributed by atoms with E-state index < -0.39 is 5.60 Å². The molecule has 1 fully saturated rings. The molecular formula is C12H27N3O2. The Morgan fingerprint density at radius 2 is 2.00 bits per heavy atom. The highest BCUT2D eigenvalue weighted by atomic mass is 16.5. The minimum atomic E-state index is -0.658. The maximum Gasteiger partial charge on any atom is 0.0869 e. The van der Waals surface area contributed by atoms with Crippen molar-refractivity contribution in [2.24, 2.45) is 0 Å². The molecule has 1 aliphatic heterocycles. The third kappa shape index (κ3) is 6.95. The summed E-state index contributed by atoms with van der Waals surface area (Å²) in [5, 5.41) is 13.4. The largest absolute Gasteiger partial charge is 0.388 e. The molecule has 1 saturated heterocycles. The minimum Gasteiger partial charge on any atom is -0.388 e. The fraction of sp³-hybridized carbons (Fsp3) is 1.00. The second-order valence-electron chi connectivity index (χ2n) is 5.37. The monoisotopic (exact) mass is 245 g/mol. The van der Waals surface area contributed by atoms with E-state index in [0.29, 0.717) is 13.1 Å². The summed E-state index contributed by atoms with van der Waals surface area (Å²) in [7, 11) is 3.95. The van der Waals surface area contributed by atoms with E-state index in [0.717, 1.165) is 39.4 Å². The quantitative estimate of drug-likeness (QED) is 0.576. The predicted octanol–water partition coefficient (Wildman–Crippen LogP) is -0.779. The molecule has 2 N–H and O–H groups in total. The Morgan fingerprint density at radius 3 is 2.59 bits per heavy atom. The first-order chi connectivity index (χ1) is 7.99. The third-order valence-electron chi connectivity index (χ3n) is 2.87. The number of aliphatic hydroxyl groups is 1. The summed E-state index contributed by atoms with van der Waals surface area (Å²) in [4.78, 5) is 4.39. The van der Waals surface area contributed by atoms with E-state index in [1.807, 2.05) is 25.9 Å². The van der Waals surface area contributed by atoms with Crippen molar-refractivity contribution in [2.45, 2.75) is 12.5 Å². The Balaban J connectivity index is 2.06. The molecule has 1 aliphatic rings. The first-order valence-corrected chi connectivity index (χ1v) is 6.37. The van der Waals surface area contributed by atoms with Gasteiger partial charge in [0.2, 0.25) is 0 Å². The van der Waals surface area contributed by atoms with Gasteiger partial charge in [0.1, 0.15) is 0 Å². The molecule has 1 heterocycles. The molecule has 102 valence electrons. The Bertz CT molecular complexity index is 204. The smallest absolute Gasteiger partial charge is 0.0869 e. The van der Waals surface area contributed by atoms with Crippen molar-refractivity contribution < 1.29 is 9.84 Å². The molecule has 1 rings (SSSR count). The summed E-state index contributed by atoms with van der Waals surface area (Å²) >= 11 is 0. The van der Waals surface area contributed by atoms with Crippen molar-refractivity contribution in [2.75, 3.05) is 66.6 Å². The molecule has 0 spiro atoms. The van der Waals surface area contributed by atoms with Crippen LogP contribution in [0.3, 0.4) is 0 Å². The van der Waals surface area contributed by atoms with Gasteiger partial charge in [0.15, 0.2) is 0 Å². The summed E-state index contributed by atoms with van der Waals surface area (Å²) in [6, 6.07) is 0. The highest BCUT2D eigenvalue weighted by Crippen LogP contribution is 2.02. The molecule has 0 saturated carbocycles. The van der Waals surface area contributed by atoms with Gasteiger partial charge in [-0.2, -0.15) is 0 Å². The van der Waals surface area contributed by atoms with E-state index in [2.05, 4.69) is 10.2 Å². The number of rotatable bonds is 7. The van der Waals surface area contributed by atoms with Gasteiger partial charge in [-0.1, -0.05) is 0 Å². The summed E-state index contributed by atoms with van der Waals surface area (Å²) < 4.78 is 5.30. The van der Waals surface area contributed by atoms with E-state index in [9.17, 15) is 5.11 Å². The molecule has 17 heavy (non-hydrogen) atoms. The standard InChI is InChI=1S/C12H27N3O2/c1-12(16,11-14(2)3)10-13-4-5-15-6-8-17-9-7-15/h13,16H,4-11H2,1-3H3. The third-order valence-corrected chi connectivity index (χ3v) is 2.87. The molecule has 0 aliphatic carbocycles. The van der Waals surface area contributed by atoms with Gasteiger partial charge in [-0.25, -0.2) is 0 Å². The number of hydrogen-bond donors (Lipinski definition) is 2. The molecule has 5 nitrogen and oxygen atoms in total. The summed E-state index contributed by atoms with van der Waals surface area (Å²) in [6.07, 6.45) is 0. The Hall–Kier alpha value is -0.200. The van der Waals surface area contributed by atoms with E-state index in [4.69, 9.17) is 4.74 Å². The first kappa shape index (κ1) is 14.9. The van der Waals surface area contributed by atoms with Crippen LogP contribution in [-0.4, -0.2) is 87.1 Å². The van der Waals surface area contributed by atoms with Gasteiger partial charge in [0.05, 0.1) is 18.8 Å². The van der Waals surface area contributed by atoms with E-state index in [1.165, 1.54) is 0 Å². The second kappa shape index (κ2) is 7.28. The zero-order valence-electron chi connectivity index (χ0n) is 11.4. The van der Waals surface area contributed by atoms with Gasteiger partial charge in [0, 0.05) is 39.3 Å². The molecule has 0 amide bonds. The Kier molecular flexibility index (Phi) is 6.37. The predicted molar refractivity (Wildman–Crippen MR) is 69.3 cm³/mol. The first-order valence-electron chi connectivity index (χ1n) is 6.37. The number of nitrogens with zero attached hydrogens (tertiary/aromatic N) is 2. The minimum absolute atomic E-state index is 0.634. The van der Waals surface area contributed by atoms with Crippen LogP contribution in [0.5, 0.6) is 0 Å². The molecule has 1 unspecified atom stereocenters. The summed E-state index contributed by atoms with van der Waals surface area (Å²) in [5.41, 5.74) is -0.658. The van der Waals surface area contributed by atoms with Crippen LogP contribution in [0.2, 0.25) is 0 Å². The highest BCUT2D eigenvalue weighted by molar-refractivity contribution is 4.78. The average molecular weight is 245 g/mol. The van der Waals surface area contributed by atoms with Gasteiger partial charge in [-0.15, -0.1) is 0 Å². The Labute approximate surface area is 105 Å². The van der Waals surface area contributed by atoms with Gasteiger partial charge in [-0.3, -0.25) is 4.90 Å². The van der Waals surface area contributed by atoms with Crippen molar-refractivity contribution >= 4 is 0 Å². The average Bonchev–Trinajstić information content (AvgIpc) is 2.24. The second-order valence-corrected chi connectivity index (χ2v) is 5.37. The van der Waals surface area contributed by atoms with Crippen LogP contribution in [0.15, 0.2) is 0 Å². The summed E-state index contributed by atoms with van der Waals surface area (Å²) in [5.74, 6) is 0. The molecule has 0 radical (unpaired) electrons. The topological polar surface area (TPSA) is 48.0 Å². The number of nitrogens with one attached hydrogen (secondary N) is 1. The molecule has 1 atom stereocenters. The molecule has 0 aromatic heterocycles. The number of likely N-dealkylation sites (N-methyl/N-ethyl adjacent to an activating group) is 1. The molecular weight excluding hydrogens is 218 g/mol. The van der Waals surface area contributed by atoms with Crippen LogP contribution in [0, 0.1) is 0 Å². The Morgan fingerprint density at radius 1 is 1.35 bits per heavy atom. The molecule has 0 aromatic carbocycles. The molecule has 5 heteroatoms. The van der Waals surface area contributed by atoms with Gasteiger partial charge in [-0.05, 0) is 21.0 Å². The lowest BCUT2D eigenvalue weighted by Gasteiger charge is -2.29. The van der Waals surface area contributed by atoms with Crippen LogP contribution >= 0.6 is 0 Å². The van der Waals surface area contributed by atoms with Crippen LogP contribution in [0.1, 0.15) is 6.92 Å². The van der Waals surface area contributed by atoms with Crippen LogP contribution < -0.4 is 5.32 Å². The normalized spacial score (nSPS) is 21.7. The lowest BCUT2D eigenvalue weighted by molar-refractivity contribution is 0.0272.